The maximum atomic E-state index is 12.5. The van der Waals surface area contributed by atoms with Crippen molar-refractivity contribution >= 4 is 23.3 Å². The van der Waals surface area contributed by atoms with Gasteiger partial charge in [0.25, 0.3) is 0 Å². The van der Waals surface area contributed by atoms with Gasteiger partial charge in [0.15, 0.2) is 0 Å². The van der Waals surface area contributed by atoms with Crippen LogP contribution in [0.5, 0.6) is 0 Å². The number of anilines is 1. The van der Waals surface area contributed by atoms with Crippen LogP contribution in [0.25, 0.3) is 0 Å². The molecule has 1 aromatic heterocycles. The van der Waals surface area contributed by atoms with E-state index in [9.17, 15) is 4.79 Å². The van der Waals surface area contributed by atoms with Gasteiger partial charge < -0.3 is 14.8 Å². The van der Waals surface area contributed by atoms with Crippen molar-refractivity contribution in [3.63, 3.8) is 0 Å². The molecule has 1 unspecified atom stereocenters. The maximum Gasteiger partial charge on any atom is 0.322 e. The molecule has 0 saturated carbocycles. The first-order valence-electron chi connectivity index (χ1n) is 7.10. The zero-order valence-corrected chi connectivity index (χ0v) is 12.7. The quantitative estimate of drug-likeness (QED) is 0.893. The molecule has 0 spiro atoms. The second kappa shape index (κ2) is 5.82. The van der Waals surface area contributed by atoms with Gasteiger partial charge in [0.1, 0.15) is 0 Å². The molecule has 1 aliphatic heterocycles. The standard InChI is InChI=1S/C16H18ClN3O/c1-19-10-4-8-14(19)15-9-5-11-20(15)16(21)18-13-7-3-2-6-12(13)17/h2-4,6-8,10,15H,5,9,11H2,1H3,(H,18,21). The Labute approximate surface area is 129 Å². The van der Waals surface area contributed by atoms with Gasteiger partial charge in [-0.25, -0.2) is 4.79 Å². The molecule has 3 rings (SSSR count). The summed E-state index contributed by atoms with van der Waals surface area (Å²) in [6, 6.07) is 11.4. The van der Waals surface area contributed by atoms with Gasteiger partial charge in [0.05, 0.1) is 16.8 Å². The van der Waals surface area contributed by atoms with Crippen molar-refractivity contribution in [1.29, 1.82) is 0 Å². The summed E-state index contributed by atoms with van der Waals surface area (Å²) in [6.07, 6.45) is 4.03. The highest BCUT2D eigenvalue weighted by atomic mass is 35.5. The number of para-hydroxylation sites is 1. The number of rotatable bonds is 2. The van der Waals surface area contributed by atoms with Crippen LogP contribution < -0.4 is 5.32 Å². The van der Waals surface area contributed by atoms with Crippen LogP contribution in [0.15, 0.2) is 42.6 Å². The van der Waals surface area contributed by atoms with E-state index in [-0.39, 0.29) is 12.1 Å². The molecular weight excluding hydrogens is 286 g/mol. The van der Waals surface area contributed by atoms with Crippen molar-refractivity contribution < 1.29 is 4.79 Å². The summed E-state index contributed by atoms with van der Waals surface area (Å²) >= 11 is 6.10. The third-order valence-electron chi connectivity index (χ3n) is 3.95. The Morgan fingerprint density at radius 1 is 1.29 bits per heavy atom. The minimum Gasteiger partial charge on any atom is -0.353 e. The third kappa shape index (κ3) is 2.76. The molecule has 1 atom stereocenters. The van der Waals surface area contributed by atoms with Crippen molar-refractivity contribution in [1.82, 2.24) is 9.47 Å². The molecule has 2 aromatic rings. The summed E-state index contributed by atoms with van der Waals surface area (Å²) < 4.78 is 2.08. The van der Waals surface area contributed by atoms with Gasteiger partial charge in [-0.2, -0.15) is 0 Å². The zero-order valence-electron chi connectivity index (χ0n) is 11.9. The highest BCUT2D eigenvalue weighted by Crippen LogP contribution is 2.32. The molecule has 2 amide bonds. The van der Waals surface area contributed by atoms with Crippen LogP contribution >= 0.6 is 11.6 Å². The second-order valence-electron chi connectivity index (χ2n) is 5.31. The fourth-order valence-electron chi connectivity index (χ4n) is 2.89. The van der Waals surface area contributed by atoms with Crippen LogP contribution in [0.1, 0.15) is 24.6 Å². The van der Waals surface area contributed by atoms with E-state index in [1.165, 1.54) is 5.69 Å². The van der Waals surface area contributed by atoms with E-state index in [0.29, 0.717) is 10.7 Å². The molecule has 110 valence electrons. The molecule has 4 nitrogen and oxygen atoms in total. The lowest BCUT2D eigenvalue weighted by Crippen LogP contribution is -2.35. The van der Waals surface area contributed by atoms with Crippen molar-refractivity contribution in [2.24, 2.45) is 7.05 Å². The number of amides is 2. The number of aromatic nitrogens is 1. The third-order valence-corrected chi connectivity index (χ3v) is 4.28. The number of carbonyl (C=O) groups excluding carboxylic acids is 1. The Bertz CT molecular complexity index is 652. The number of hydrogen-bond donors (Lipinski definition) is 1. The van der Waals surface area contributed by atoms with E-state index >= 15 is 0 Å². The number of likely N-dealkylation sites (tertiary alicyclic amines) is 1. The van der Waals surface area contributed by atoms with Gasteiger partial charge >= 0.3 is 6.03 Å². The average Bonchev–Trinajstić information content (AvgIpc) is 3.09. The predicted molar refractivity (Wildman–Crippen MR) is 84.6 cm³/mol. The molecule has 0 aliphatic carbocycles. The van der Waals surface area contributed by atoms with Crippen molar-refractivity contribution in [2.45, 2.75) is 18.9 Å². The fraction of sp³-hybridized carbons (Fsp3) is 0.312. The molecule has 1 saturated heterocycles. The summed E-state index contributed by atoms with van der Waals surface area (Å²) in [6.45, 7) is 0.770. The SMILES string of the molecule is Cn1cccc1C1CCCN1C(=O)Nc1ccccc1Cl. The normalized spacial score (nSPS) is 18.0. The van der Waals surface area contributed by atoms with Crippen LogP contribution in [-0.2, 0) is 7.05 Å². The number of benzene rings is 1. The topological polar surface area (TPSA) is 37.3 Å². The van der Waals surface area contributed by atoms with Gasteiger partial charge in [-0.15, -0.1) is 0 Å². The molecule has 1 aromatic carbocycles. The second-order valence-corrected chi connectivity index (χ2v) is 5.71. The average molecular weight is 304 g/mol. The molecular formula is C16H18ClN3O. The van der Waals surface area contributed by atoms with Gasteiger partial charge in [0.2, 0.25) is 0 Å². The van der Waals surface area contributed by atoms with E-state index in [2.05, 4.69) is 16.0 Å². The molecule has 21 heavy (non-hydrogen) atoms. The summed E-state index contributed by atoms with van der Waals surface area (Å²) in [5.74, 6) is 0. The molecule has 2 heterocycles. The molecule has 1 N–H and O–H groups in total. The predicted octanol–water partition coefficient (Wildman–Crippen LogP) is 4.05. The number of aryl methyl sites for hydroxylation is 1. The lowest BCUT2D eigenvalue weighted by Gasteiger charge is -2.25. The van der Waals surface area contributed by atoms with Crippen LogP contribution in [0, 0.1) is 0 Å². The van der Waals surface area contributed by atoms with Crippen molar-refractivity contribution in [2.75, 3.05) is 11.9 Å². The number of nitrogens with one attached hydrogen (secondary N) is 1. The van der Waals surface area contributed by atoms with E-state index < -0.39 is 0 Å². The minimum absolute atomic E-state index is 0.0909. The lowest BCUT2D eigenvalue weighted by atomic mass is 10.1. The summed E-state index contributed by atoms with van der Waals surface area (Å²) in [7, 11) is 2.01. The summed E-state index contributed by atoms with van der Waals surface area (Å²) in [5, 5.41) is 3.47. The molecule has 1 aliphatic rings. The number of hydrogen-bond acceptors (Lipinski definition) is 1. The van der Waals surface area contributed by atoms with E-state index in [1.807, 2.05) is 42.4 Å². The van der Waals surface area contributed by atoms with Crippen LogP contribution in [0.4, 0.5) is 10.5 Å². The number of halogens is 1. The minimum atomic E-state index is -0.0909. The van der Waals surface area contributed by atoms with Gasteiger partial charge in [-0.05, 0) is 37.1 Å². The Balaban J connectivity index is 1.78. The van der Waals surface area contributed by atoms with Gasteiger partial charge in [0, 0.05) is 25.5 Å². The summed E-state index contributed by atoms with van der Waals surface area (Å²) in [5.41, 5.74) is 1.82. The first kappa shape index (κ1) is 14.0. The van der Waals surface area contributed by atoms with Gasteiger partial charge in [-0.1, -0.05) is 23.7 Å². The Morgan fingerprint density at radius 3 is 2.81 bits per heavy atom. The van der Waals surface area contributed by atoms with Crippen LogP contribution in [0.2, 0.25) is 5.02 Å². The van der Waals surface area contributed by atoms with Crippen molar-refractivity contribution in [3.05, 3.63) is 53.3 Å². The van der Waals surface area contributed by atoms with Crippen LogP contribution in [-0.4, -0.2) is 22.0 Å². The number of urea groups is 1. The Morgan fingerprint density at radius 2 is 2.10 bits per heavy atom. The van der Waals surface area contributed by atoms with E-state index in [1.54, 1.807) is 6.07 Å². The fourth-order valence-corrected chi connectivity index (χ4v) is 3.07. The number of carbonyl (C=O) groups is 1. The lowest BCUT2D eigenvalue weighted by molar-refractivity contribution is 0.205. The maximum absolute atomic E-state index is 12.5. The van der Waals surface area contributed by atoms with Crippen molar-refractivity contribution in [3.8, 4) is 0 Å². The molecule has 1 fully saturated rings. The first-order valence-corrected chi connectivity index (χ1v) is 7.48. The Kier molecular flexibility index (Phi) is 3.88. The zero-order chi connectivity index (χ0) is 14.8. The van der Waals surface area contributed by atoms with Gasteiger partial charge in [-0.3, -0.25) is 0 Å². The van der Waals surface area contributed by atoms with E-state index in [0.717, 1.165) is 19.4 Å². The monoisotopic (exact) mass is 303 g/mol. The Hall–Kier alpha value is -1.94. The summed E-state index contributed by atoms with van der Waals surface area (Å²) in [4.78, 5) is 14.4. The highest BCUT2D eigenvalue weighted by molar-refractivity contribution is 6.33. The highest BCUT2D eigenvalue weighted by Gasteiger charge is 2.31. The first-order chi connectivity index (χ1) is 10.2. The van der Waals surface area contributed by atoms with Crippen LogP contribution in [0.3, 0.4) is 0 Å². The molecule has 0 radical (unpaired) electrons. The molecule has 5 heteroatoms. The number of nitrogens with zero attached hydrogens (tertiary/aromatic N) is 2. The molecule has 0 bridgehead atoms. The largest absolute Gasteiger partial charge is 0.353 e. The van der Waals surface area contributed by atoms with E-state index in [4.69, 9.17) is 11.6 Å². The smallest absolute Gasteiger partial charge is 0.322 e.